The number of thiophene rings is 1. The smallest absolute Gasteiger partial charge is 0.397 e. The number of rotatable bonds is 8. The van der Waals surface area contributed by atoms with Crippen molar-refractivity contribution in [2.45, 2.75) is 6.42 Å². The molecule has 0 saturated heterocycles. The van der Waals surface area contributed by atoms with E-state index < -0.39 is 4.92 Å². The third-order valence-electron chi connectivity index (χ3n) is 3.53. The fraction of sp³-hybridized carbons (Fsp3) is 0.333. The molecule has 3 heterocycles. The Morgan fingerprint density at radius 3 is 2.72 bits per heavy atom. The first-order chi connectivity index (χ1) is 12.1. The Hall–Kier alpha value is -2.56. The molecule has 0 bridgehead atoms. The zero-order valence-corrected chi connectivity index (χ0v) is 14.0. The number of nitro groups is 1. The van der Waals surface area contributed by atoms with Crippen molar-refractivity contribution in [3.05, 3.63) is 33.7 Å². The van der Waals surface area contributed by atoms with Crippen molar-refractivity contribution in [2.75, 3.05) is 31.2 Å². The van der Waals surface area contributed by atoms with E-state index in [0.29, 0.717) is 30.8 Å². The number of aromatic nitrogens is 2. The molecule has 3 aromatic heterocycles. The van der Waals surface area contributed by atoms with E-state index in [1.165, 1.54) is 23.5 Å². The number of anilines is 1. The van der Waals surface area contributed by atoms with E-state index >= 15 is 0 Å². The third kappa shape index (κ3) is 3.60. The summed E-state index contributed by atoms with van der Waals surface area (Å²) in [5, 5.41) is 31.1. The molecule has 0 unspecified atom stereocenters. The molecule has 0 aliphatic rings. The van der Waals surface area contributed by atoms with Gasteiger partial charge in [0.25, 0.3) is 0 Å². The van der Waals surface area contributed by atoms with Crippen LogP contribution in [-0.4, -0.2) is 51.4 Å². The zero-order chi connectivity index (χ0) is 17.8. The van der Waals surface area contributed by atoms with Gasteiger partial charge in [-0.1, -0.05) is 0 Å². The molecule has 0 amide bonds. The fourth-order valence-electron chi connectivity index (χ4n) is 2.42. The molecule has 3 aromatic rings. The van der Waals surface area contributed by atoms with Gasteiger partial charge in [0.05, 0.1) is 22.9 Å². The van der Waals surface area contributed by atoms with Crippen LogP contribution in [0.25, 0.3) is 21.8 Å². The van der Waals surface area contributed by atoms with Gasteiger partial charge in [-0.25, -0.2) is 9.97 Å². The first kappa shape index (κ1) is 17.3. The second-order valence-electron chi connectivity index (χ2n) is 5.19. The van der Waals surface area contributed by atoms with Gasteiger partial charge >= 0.3 is 5.88 Å². The van der Waals surface area contributed by atoms with Gasteiger partial charge in [-0.2, -0.15) is 0 Å². The normalized spacial score (nSPS) is 11.1. The summed E-state index contributed by atoms with van der Waals surface area (Å²) in [5.74, 6) is 0.669. The Labute approximate surface area is 146 Å². The van der Waals surface area contributed by atoms with Crippen molar-refractivity contribution in [1.29, 1.82) is 0 Å². The second-order valence-corrected chi connectivity index (χ2v) is 6.10. The van der Waals surface area contributed by atoms with E-state index in [1.807, 2.05) is 16.3 Å². The minimum absolute atomic E-state index is 0.0256. The number of hydrogen-bond acceptors (Lipinski definition) is 9. The molecule has 0 aliphatic heterocycles. The number of nitrogens with zero attached hydrogens (tertiary/aromatic N) is 4. The number of fused-ring (bicyclic) bond motifs is 1. The fourth-order valence-corrected chi connectivity index (χ4v) is 3.27. The summed E-state index contributed by atoms with van der Waals surface area (Å²) in [6, 6.07) is 4.54. The van der Waals surface area contributed by atoms with Gasteiger partial charge < -0.3 is 19.5 Å². The maximum Gasteiger partial charge on any atom is 0.433 e. The molecule has 0 radical (unpaired) electrons. The molecule has 9 nitrogen and oxygen atoms in total. The average molecular weight is 364 g/mol. The highest BCUT2D eigenvalue weighted by atomic mass is 32.1. The topological polar surface area (TPSA) is 126 Å². The van der Waals surface area contributed by atoms with Crippen LogP contribution < -0.4 is 4.90 Å². The molecule has 0 aliphatic carbocycles. The van der Waals surface area contributed by atoms with E-state index in [0.717, 1.165) is 4.70 Å². The molecule has 25 heavy (non-hydrogen) atoms. The zero-order valence-electron chi connectivity index (χ0n) is 13.2. The van der Waals surface area contributed by atoms with Crippen molar-refractivity contribution in [2.24, 2.45) is 0 Å². The Kier molecular flexibility index (Phi) is 5.22. The first-order valence-corrected chi connectivity index (χ1v) is 8.48. The lowest BCUT2D eigenvalue weighted by molar-refractivity contribution is -0.401. The van der Waals surface area contributed by atoms with Gasteiger partial charge in [-0.15, -0.1) is 11.3 Å². The lowest BCUT2D eigenvalue weighted by Crippen LogP contribution is -2.29. The van der Waals surface area contributed by atoms with Crippen molar-refractivity contribution >= 4 is 33.3 Å². The molecule has 3 rings (SSSR count). The lowest BCUT2D eigenvalue weighted by Gasteiger charge is -2.23. The second kappa shape index (κ2) is 7.55. The summed E-state index contributed by atoms with van der Waals surface area (Å²) in [4.78, 5) is 21.0. The van der Waals surface area contributed by atoms with Crippen molar-refractivity contribution in [1.82, 2.24) is 9.97 Å². The quantitative estimate of drug-likeness (QED) is 0.459. The van der Waals surface area contributed by atoms with E-state index in [4.69, 9.17) is 9.52 Å². The Morgan fingerprint density at radius 1 is 1.20 bits per heavy atom. The summed E-state index contributed by atoms with van der Waals surface area (Å²) in [5.41, 5.74) is 0.691. The predicted molar refractivity (Wildman–Crippen MR) is 92.8 cm³/mol. The van der Waals surface area contributed by atoms with Crippen LogP contribution in [0.3, 0.4) is 0 Å². The van der Waals surface area contributed by atoms with Crippen molar-refractivity contribution in [3.8, 4) is 11.6 Å². The predicted octanol–water partition coefficient (Wildman–Crippen LogP) is 2.04. The highest BCUT2D eigenvalue weighted by molar-refractivity contribution is 7.17. The van der Waals surface area contributed by atoms with E-state index in [-0.39, 0.29) is 30.7 Å². The standard InChI is InChI=1S/C15H16N4O5S/c20-7-1-5-18(6-8-21)15-13-10(4-9-25-13)16-14(17-15)11-2-3-12(24-11)19(22)23/h2-4,9,20-21H,1,5-8H2. The summed E-state index contributed by atoms with van der Waals surface area (Å²) >= 11 is 1.47. The molecule has 0 spiro atoms. The molecule has 0 fully saturated rings. The van der Waals surface area contributed by atoms with Gasteiger partial charge in [0.15, 0.2) is 17.4 Å². The maximum atomic E-state index is 10.8. The number of furan rings is 1. The molecule has 10 heteroatoms. The number of aliphatic hydroxyl groups is 2. The highest BCUT2D eigenvalue weighted by Crippen LogP contribution is 2.32. The third-order valence-corrected chi connectivity index (χ3v) is 4.43. The van der Waals surface area contributed by atoms with Crippen LogP contribution in [0.1, 0.15) is 6.42 Å². The molecule has 132 valence electrons. The molecular weight excluding hydrogens is 348 g/mol. The van der Waals surface area contributed by atoms with Crippen LogP contribution in [-0.2, 0) is 0 Å². The van der Waals surface area contributed by atoms with E-state index in [2.05, 4.69) is 9.97 Å². The average Bonchev–Trinajstić information content (AvgIpc) is 3.26. The Balaban J connectivity index is 2.07. The minimum atomic E-state index is -0.618. The van der Waals surface area contributed by atoms with Crippen LogP contribution in [0.15, 0.2) is 28.0 Å². The van der Waals surface area contributed by atoms with E-state index in [9.17, 15) is 15.2 Å². The molecule has 0 saturated carbocycles. The maximum absolute atomic E-state index is 10.8. The van der Waals surface area contributed by atoms with Crippen molar-refractivity contribution < 1.29 is 19.6 Å². The summed E-state index contributed by atoms with van der Waals surface area (Å²) < 4.78 is 6.05. The largest absolute Gasteiger partial charge is 0.433 e. The molecule has 0 aromatic carbocycles. The Bertz CT molecular complexity index is 878. The van der Waals surface area contributed by atoms with Crippen LogP contribution in [0.4, 0.5) is 11.7 Å². The van der Waals surface area contributed by atoms with Crippen molar-refractivity contribution in [3.63, 3.8) is 0 Å². The van der Waals surface area contributed by atoms with Gasteiger partial charge in [-0.05, 0) is 23.9 Å². The SMILES string of the molecule is O=[N+]([O-])c1ccc(-c2nc(N(CCO)CCCO)c3sccc3n2)o1. The molecule has 2 N–H and O–H groups in total. The first-order valence-electron chi connectivity index (χ1n) is 7.60. The van der Waals surface area contributed by atoms with E-state index in [1.54, 1.807) is 0 Å². The van der Waals surface area contributed by atoms with Gasteiger partial charge in [-0.3, -0.25) is 10.1 Å². The summed E-state index contributed by atoms with van der Waals surface area (Å²) in [6.45, 7) is 0.822. The minimum Gasteiger partial charge on any atom is -0.397 e. The van der Waals surface area contributed by atoms with Crippen LogP contribution in [0, 0.1) is 10.1 Å². The van der Waals surface area contributed by atoms with Crippen LogP contribution >= 0.6 is 11.3 Å². The lowest BCUT2D eigenvalue weighted by atomic mass is 10.3. The summed E-state index contributed by atoms with van der Waals surface area (Å²) in [7, 11) is 0. The molecule has 0 atom stereocenters. The Morgan fingerprint density at radius 2 is 2.04 bits per heavy atom. The van der Waals surface area contributed by atoms with Crippen LogP contribution in [0.2, 0.25) is 0 Å². The van der Waals surface area contributed by atoms with Gasteiger partial charge in [0.1, 0.15) is 4.92 Å². The molecular formula is C15H16N4O5S. The number of hydrogen-bond donors (Lipinski definition) is 2. The highest BCUT2D eigenvalue weighted by Gasteiger charge is 2.20. The number of aliphatic hydroxyl groups excluding tert-OH is 2. The van der Waals surface area contributed by atoms with Crippen LogP contribution in [0.5, 0.6) is 0 Å². The summed E-state index contributed by atoms with van der Waals surface area (Å²) in [6.07, 6.45) is 0.526. The van der Waals surface area contributed by atoms with Gasteiger partial charge in [0.2, 0.25) is 0 Å². The monoisotopic (exact) mass is 364 g/mol. The van der Waals surface area contributed by atoms with Gasteiger partial charge in [0, 0.05) is 19.7 Å².